The SMILES string of the molecule is CC(C)CC[C@H](C)NC(=O)C[NH+]1CC[NH+](CC(=O)Nc2ccccc2Cl)CC1. The van der Waals surface area contributed by atoms with Crippen LogP contribution in [0.5, 0.6) is 0 Å². The van der Waals surface area contributed by atoms with E-state index in [4.69, 9.17) is 11.6 Å². The minimum absolute atomic E-state index is 0.0247. The van der Waals surface area contributed by atoms with Crippen molar-refractivity contribution in [2.45, 2.75) is 39.7 Å². The third-order valence-corrected chi connectivity index (χ3v) is 5.55. The largest absolute Gasteiger partial charge is 0.349 e. The summed E-state index contributed by atoms with van der Waals surface area (Å²) in [6.45, 7) is 11.0. The molecule has 0 spiro atoms. The van der Waals surface area contributed by atoms with E-state index in [1.54, 1.807) is 12.1 Å². The number of benzene rings is 1. The van der Waals surface area contributed by atoms with Gasteiger partial charge >= 0.3 is 0 Å². The average molecular weight is 411 g/mol. The van der Waals surface area contributed by atoms with E-state index >= 15 is 0 Å². The minimum atomic E-state index is -0.0247. The van der Waals surface area contributed by atoms with E-state index < -0.39 is 0 Å². The average Bonchev–Trinajstić information content (AvgIpc) is 2.63. The fourth-order valence-electron chi connectivity index (χ4n) is 3.50. The number of para-hydroxylation sites is 1. The van der Waals surface area contributed by atoms with Crippen LogP contribution in [0.25, 0.3) is 0 Å². The van der Waals surface area contributed by atoms with Crippen molar-refractivity contribution >= 4 is 29.1 Å². The van der Waals surface area contributed by atoms with Crippen molar-refractivity contribution in [1.29, 1.82) is 0 Å². The lowest BCUT2D eigenvalue weighted by atomic mass is 10.0. The van der Waals surface area contributed by atoms with Crippen molar-refractivity contribution in [3.63, 3.8) is 0 Å². The van der Waals surface area contributed by atoms with Crippen LogP contribution in [-0.2, 0) is 9.59 Å². The van der Waals surface area contributed by atoms with Crippen molar-refractivity contribution in [3.8, 4) is 0 Å². The molecule has 1 aromatic carbocycles. The molecule has 1 aliphatic heterocycles. The highest BCUT2D eigenvalue weighted by Crippen LogP contribution is 2.19. The second kappa shape index (κ2) is 11.4. The van der Waals surface area contributed by atoms with Gasteiger partial charge < -0.3 is 20.4 Å². The molecule has 1 saturated heterocycles. The lowest BCUT2D eigenvalue weighted by Gasteiger charge is -2.29. The van der Waals surface area contributed by atoms with Crippen molar-refractivity contribution in [2.75, 3.05) is 44.6 Å². The normalized spacial score (nSPS) is 20.6. The van der Waals surface area contributed by atoms with E-state index in [1.807, 2.05) is 12.1 Å². The van der Waals surface area contributed by atoms with Gasteiger partial charge in [-0.3, -0.25) is 9.59 Å². The van der Waals surface area contributed by atoms with Crippen LogP contribution < -0.4 is 20.4 Å². The van der Waals surface area contributed by atoms with Gasteiger partial charge in [-0.2, -0.15) is 0 Å². The maximum atomic E-state index is 12.3. The zero-order chi connectivity index (χ0) is 20.5. The molecular weight excluding hydrogens is 376 g/mol. The summed E-state index contributed by atoms with van der Waals surface area (Å²) in [6, 6.07) is 7.49. The Morgan fingerprint density at radius 1 is 0.964 bits per heavy atom. The van der Waals surface area contributed by atoms with E-state index in [2.05, 4.69) is 31.4 Å². The molecule has 1 atom stereocenters. The van der Waals surface area contributed by atoms with Crippen molar-refractivity contribution in [2.24, 2.45) is 5.92 Å². The van der Waals surface area contributed by atoms with Gasteiger partial charge in [0.1, 0.15) is 26.2 Å². The summed E-state index contributed by atoms with van der Waals surface area (Å²) in [5.74, 6) is 0.769. The third-order valence-electron chi connectivity index (χ3n) is 5.22. The molecule has 0 unspecified atom stereocenters. The quantitative estimate of drug-likeness (QED) is 0.463. The van der Waals surface area contributed by atoms with Crippen LogP contribution in [0.3, 0.4) is 0 Å². The predicted molar refractivity (Wildman–Crippen MR) is 113 cm³/mol. The Morgan fingerprint density at radius 2 is 1.54 bits per heavy atom. The molecule has 0 radical (unpaired) electrons. The molecule has 0 aromatic heterocycles. The van der Waals surface area contributed by atoms with E-state index in [0.717, 1.165) is 39.0 Å². The minimum Gasteiger partial charge on any atom is -0.349 e. The van der Waals surface area contributed by atoms with Crippen LogP contribution in [0.2, 0.25) is 5.02 Å². The molecule has 6 nitrogen and oxygen atoms in total. The van der Waals surface area contributed by atoms with Crippen LogP contribution in [0.1, 0.15) is 33.6 Å². The van der Waals surface area contributed by atoms with E-state index in [-0.39, 0.29) is 17.9 Å². The first kappa shape index (κ1) is 22.7. The molecule has 156 valence electrons. The number of quaternary nitrogens is 2. The number of anilines is 1. The molecule has 1 fully saturated rings. The maximum Gasteiger partial charge on any atom is 0.279 e. The zero-order valence-electron chi connectivity index (χ0n) is 17.3. The first-order valence-electron chi connectivity index (χ1n) is 10.3. The number of rotatable bonds is 9. The monoisotopic (exact) mass is 410 g/mol. The Morgan fingerprint density at radius 3 is 2.11 bits per heavy atom. The Bertz CT molecular complexity index is 645. The van der Waals surface area contributed by atoms with E-state index in [9.17, 15) is 9.59 Å². The number of piperazine rings is 1. The molecule has 0 aliphatic carbocycles. The van der Waals surface area contributed by atoms with Gasteiger partial charge in [-0.25, -0.2) is 0 Å². The van der Waals surface area contributed by atoms with Gasteiger partial charge in [-0.15, -0.1) is 0 Å². The van der Waals surface area contributed by atoms with Gasteiger partial charge in [0.2, 0.25) is 0 Å². The van der Waals surface area contributed by atoms with Gasteiger partial charge in [-0.1, -0.05) is 37.6 Å². The molecule has 28 heavy (non-hydrogen) atoms. The fraction of sp³-hybridized carbons (Fsp3) is 0.619. The first-order valence-corrected chi connectivity index (χ1v) is 10.7. The fourth-order valence-corrected chi connectivity index (χ4v) is 3.69. The number of nitrogens with one attached hydrogen (secondary N) is 4. The van der Waals surface area contributed by atoms with Gasteiger partial charge in [0.25, 0.3) is 11.8 Å². The topological polar surface area (TPSA) is 67.1 Å². The standard InChI is InChI=1S/C21H33ClN4O2/c1-16(2)8-9-17(3)23-20(27)14-25-10-12-26(13-11-25)15-21(28)24-19-7-5-4-6-18(19)22/h4-7,16-17H,8-15H2,1-3H3,(H,23,27)(H,24,28)/p+2/t17-/m0/s1. The summed E-state index contributed by atoms with van der Waals surface area (Å²) in [5, 5.41) is 6.54. The number of hydrogen-bond acceptors (Lipinski definition) is 2. The third kappa shape index (κ3) is 8.17. The van der Waals surface area contributed by atoms with Crippen LogP contribution in [0, 0.1) is 5.92 Å². The number of hydrogen-bond donors (Lipinski definition) is 4. The van der Waals surface area contributed by atoms with Gasteiger partial charge in [0.15, 0.2) is 13.1 Å². The summed E-state index contributed by atoms with van der Waals surface area (Å²) < 4.78 is 0. The van der Waals surface area contributed by atoms with Crippen LogP contribution in [0.4, 0.5) is 5.69 Å². The predicted octanol–water partition coefficient (Wildman–Crippen LogP) is 0.00280. The summed E-state index contributed by atoms with van der Waals surface area (Å²) in [4.78, 5) is 27.1. The molecule has 1 aliphatic rings. The van der Waals surface area contributed by atoms with Crippen LogP contribution in [0.15, 0.2) is 24.3 Å². The summed E-state index contributed by atoms with van der Waals surface area (Å²) >= 11 is 6.09. The molecule has 0 bridgehead atoms. The Labute approximate surface area is 173 Å². The molecule has 0 saturated carbocycles. The highest BCUT2D eigenvalue weighted by molar-refractivity contribution is 6.33. The summed E-state index contributed by atoms with van der Waals surface area (Å²) in [7, 11) is 0. The molecular formula is C21H35ClN4O2+2. The number of amides is 2. The van der Waals surface area contributed by atoms with Gasteiger partial charge in [0, 0.05) is 6.04 Å². The molecule has 1 aromatic rings. The van der Waals surface area contributed by atoms with Crippen LogP contribution in [-0.4, -0.2) is 57.1 Å². The van der Waals surface area contributed by atoms with E-state index in [1.165, 1.54) is 9.80 Å². The highest BCUT2D eigenvalue weighted by Gasteiger charge is 2.26. The van der Waals surface area contributed by atoms with E-state index in [0.29, 0.717) is 29.7 Å². The lowest BCUT2D eigenvalue weighted by molar-refractivity contribution is -1.00. The Kier molecular flexibility index (Phi) is 9.22. The summed E-state index contributed by atoms with van der Waals surface area (Å²) in [6.07, 6.45) is 2.16. The second-order valence-corrected chi connectivity index (χ2v) is 8.73. The Hall–Kier alpha value is -1.63. The maximum absolute atomic E-state index is 12.3. The number of carbonyl (C=O) groups is 2. The van der Waals surface area contributed by atoms with Crippen molar-refractivity contribution in [1.82, 2.24) is 5.32 Å². The van der Waals surface area contributed by atoms with Crippen molar-refractivity contribution < 1.29 is 19.4 Å². The van der Waals surface area contributed by atoms with Crippen molar-refractivity contribution in [3.05, 3.63) is 29.3 Å². The first-order chi connectivity index (χ1) is 13.3. The number of halogens is 1. The molecule has 2 amide bonds. The second-order valence-electron chi connectivity index (χ2n) is 8.32. The summed E-state index contributed by atoms with van der Waals surface area (Å²) in [5.41, 5.74) is 0.654. The van der Waals surface area contributed by atoms with Crippen LogP contribution >= 0.6 is 11.6 Å². The smallest absolute Gasteiger partial charge is 0.279 e. The zero-order valence-corrected chi connectivity index (χ0v) is 18.1. The number of carbonyl (C=O) groups excluding carboxylic acids is 2. The molecule has 7 heteroatoms. The Balaban J connectivity index is 1.66. The highest BCUT2D eigenvalue weighted by atomic mass is 35.5. The lowest BCUT2D eigenvalue weighted by Crippen LogP contribution is -3.28. The molecule has 4 N–H and O–H groups in total. The van der Waals surface area contributed by atoms with Gasteiger partial charge in [0.05, 0.1) is 10.7 Å². The molecule has 2 rings (SSSR count). The molecule has 1 heterocycles. The van der Waals surface area contributed by atoms with Gasteiger partial charge in [-0.05, 0) is 37.8 Å².